The summed E-state index contributed by atoms with van der Waals surface area (Å²) < 4.78 is 18.1. The molecule has 0 saturated heterocycles. The zero-order valence-corrected chi connectivity index (χ0v) is 47.1. The number of esters is 1. The van der Waals surface area contributed by atoms with E-state index in [2.05, 4.69) is 49.4 Å². The number of carbonyl (C=O) groups is 4. The number of aliphatic imine (C=N–C) groups is 1. The number of benzene rings is 1. The van der Waals surface area contributed by atoms with E-state index in [0.29, 0.717) is 37.6 Å². The summed E-state index contributed by atoms with van der Waals surface area (Å²) in [7, 11) is 3.57. The molecule has 420 valence electrons. The molecule has 0 aliphatic heterocycles. The minimum Gasteiger partial charge on any atom is -0.458 e. The molecule has 0 saturated carbocycles. The van der Waals surface area contributed by atoms with Gasteiger partial charge >= 0.3 is 5.97 Å². The van der Waals surface area contributed by atoms with Gasteiger partial charge in [-0.15, -0.1) is 0 Å². The SMILES string of the molecule is CCCCCCCCCCCCCCOCC(CNC(=O)CCC(NC(=O)c1ccc(N(C=O)Cc2cnc3nc(/N=C/N(C)C)[nH]c(=O)c3n2)cc1)C(=O)OC(C)(C)C)OCCCCCCCCCCCCCC. The number of hydrogen-bond donors (Lipinski definition) is 3. The fraction of sp³-hybridized carbons (Fsp3) is 0.707. The van der Waals surface area contributed by atoms with Crippen LogP contribution in [-0.4, -0.2) is 114 Å². The molecule has 2 unspecified atom stereocenters. The molecule has 3 amide bonds. The summed E-state index contributed by atoms with van der Waals surface area (Å²) in [5.41, 5.74) is -0.283. The Labute approximate surface area is 448 Å². The highest BCUT2D eigenvalue weighted by molar-refractivity contribution is 5.97. The molecule has 0 bridgehead atoms. The van der Waals surface area contributed by atoms with Gasteiger partial charge in [-0.3, -0.25) is 24.2 Å². The van der Waals surface area contributed by atoms with Crippen LogP contribution in [-0.2, 0) is 35.1 Å². The van der Waals surface area contributed by atoms with Gasteiger partial charge in [0.15, 0.2) is 11.2 Å². The van der Waals surface area contributed by atoms with Crippen molar-refractivity contribution in [2.45, 2.75) is 226 Å². The third-order valence-corrected chi connectivity index (χ3v) is 12.8. The van der Waals surface area contributed by atoms with Gasteiger partial charge in [-0.25, -0.2) is 19.8 Å². The van der Waals surface area contributed by atoms with Gasteiger partial charge in [0.1, 0.15) is 11.6 Å². The minimum absolute atomic E-state index is 0.000907. The second kappa shape index (κ2) is 38.3. The van der Waals surface area contributed by atoms with Gasteiger partial charge in [-0.05, 0) is 64.3 Å². The van der Waals surface area contributed by atoms with Crippen molar-refractivity contribution in [2.24, 2.45) is 4.99 Å². The van der Waals surface area contributed by atoms with Gasteiger partial charge in [0.2, 0.25) is 18.3 Å². The van der Waals surface area contributed by atoms with E-state index in [9.17, 15) is 24.0 Å². The standard InChI is InChI=1S/C58H95N9O8/c1-8-10-12-14-16-18-20-22-24-26-28-30-38-73-43-49(74-39-31-29-27-25-23-21-19-17-15-13-11-9-2)41-59-51(69)37-36-50(56(72)75-58(3,4)5)63-54(70)46-32-34-48(35-33-46)67(45-68)42-47-40-60-53-52(62-47)55(71)65-57(64-53)61-44-66(6)7/h32-35,40,44-45,49-50H,8-31,36-39,41-43H2,1-7H3,(H,59,69)(H,63,70)(H,60,64,65,71)/b61-44+. The van der Waals surface area contributed by atoms with E-state index >= 15 is 0 Å². The van der Waals surface area contributed by atoms with Gasteiger partial charge in [0.25, 0.3) is 11.5 Å². The zero-order valence-electron chi connectivity index (χ0n) is 47.1. The van der Waals surface area contributed by atoms with E-state index in [-0.39, 0.29) is 60.6 Å². The minimum atomic E-state index is -1.12. The number of H-pyrrole nitrogens is 1. The Hall–Kier alpha value is -5.29. The van der Waals surface area contributed by atoms with Crippen molar-refractivity contribution in [3.8, 4) is 0 Å². The average Bonchev–Trinajstić information content (AvgIpc) is 3.38. The molecule has 17 heteroatoms. The van der Waals surface area contributed by atoms with Crippen molar-refractivity contribution in [3.05, 3.63) is 52.1 Å². The first-order valence-electron chi connectivity index (χ1n) is 28.5. The number of anilines is 1. The molecule has 0 aliphatic rings. The van der Waals surface area contributed by atoms with Crippen molar-refractivity contribution < 1.29 is 33.4 Å². The first kappa shape index (κ1) is 64.0. The molecule has 2 aromatic heterocycles. The van der Waals surface area contributed by atoms with Gasteiger partial charge in [-0.1, -0.05) is 155 Å². The van der Waals surface area contributed by atoms with E-state index in [1.54, 1.807) is 51.9 Å². The average molecular weight is 1050 g/mol. The molecule has 0 spiro atoms. The summed E-state index contributed by atoms with van der Waals surface area (Å²) in [5.74, 6) is -1.43. The van der Waals surface area contributed by atoms with Crippen molar-refractivity contribution in [1.82, 2.24) is 35.5 Å². The number of unbranched alkanes of at least 4 members (excludes halogenated alkanes) is 22. The fourth-order valence-corrected chi connectivity index (χ4v) is 8.49. The van der Waals surface area contributed by atoms with E-state index in [0.717, 1.165) is 25.7 Å². The number of ether oxygens (including phenoxy) is 3. The van der Waals surface area contributed by atoms with Crippen molar-refractivity contribution >= 4 is 53.3 Å². The van der Waals surface area contributed by atoms with Crippen LogP contribution in [0.5, 0.6) is 0 Å². The molecule has 0 fully saturated rings. The number of rotatable bonds is 43. The quantitative estimate of drug-likeness (QED) is 0.0159. The Morgan fingerprint density at radius 3 is 1.84 bits per heavy atom. The number of aromatic nitrogens is 4. The van der Waals surface area contributed by atoms with Gasteiger partial charge in [0.05, 0.1) is 37.5 Å². The molecule has 2 atom stereocenters. The number of fused-ring (bicyclic) bond motifs is 1. The van der Waals surface area contributed by atoms with E-state index in [1.807, 2.05) is 0 Å². The summed E-state index contributed by atoms with van der Waals surface area (Å²) in [5, 5.41) is 5.76. The zero-order chi connectivity index (χ0) is 54.5. The highest BCUT2D eigenvalue weighted by Gasteiger charge is 2.28. The smallest absolute Gasteiger partial charge is 0.329 e. The highest BCUT2D eigenvalue weighted by Crippen LogP contribution is 2.19. The molecule has 0 aliphatic carbocycles. The summed E-state index contributed by atoms with van der Waals surface area (Å²) in [6.45, 7) is 11.6. The highest BCUT2D eigenvalue weighted by atomic mass is 16.6. The number of nitrogens with one attached hydrogen (secondary N) is 3. The lowest BCUT2D eigenvalue weighted by molar-refractivity contribution is -0.157. The van der Waals surface area contributed by atoms with Crippen LogP contribution in [0, 0.1) is 0 Å². The molecule has 3 N–H and O–H groups in total. The third kappa shape index (κ3) is 29.0. The number of hydrogen-bond acceptors (Lipinski definition) is 12. The Bertz CT molecular complexity index is 2140. The Balaban J connectivity index is 1.53. The van der Waals surface area contributed by atoms with Crippen LogP contribution in [0.4, 0.5) is 11.6 Å². The number of carbonyl (C=O) groups excluding carboxylic acids is 4. The molecule has 3 aromatic rings. The predicted octanol–water partition coefficient (Wildman–Crippen LogP) is 11.2. The van der Waals surface area contributed by atoms with Crippen LogP contribution in [0.25, 0.3) is 11.2 Å². The first-order valence-corrected chi connectivity index (χ1v) is 28.5. The Morgan fingerprint density at radius 2 is 1.31 bits per heavy atom. The maximum absolute atomic E-state index is 13.6. The second-order valence-corrected chi connectivity index (χ2v) is 21.2. The first-order chi connectivity index (χ1) is 36.2. The lowest BCUT2D eigenvalue weighted by Gasteiger charge is -2.25. The fourth-order valence-electron chi connectivity index (χ4n) is 8.49. The summed E-state index contributed by atoms with van der Waals surface area (Å²) in [6, 6.07) is 5.08. The molecule has 2 heterocycles. The predicted molar refractivity (Wildman–Crippen MR) is 301 cm³/mol. The molecule has 75 heavy (non-hydrogen) atoms. The molecule has 3 rings (SSSR count). The van der Waals surface area contributed by atoms with Gasteiger partial charge in [0, 0.05) is 51.5 Å². The van der Waals surface area contributed by atoms with Crippen molar-refractivity contribution in [3.63, 3.8) is 0 Å². The summed E-state index contributed by atoms with van der Waals surface area (Å²) in [6.07, 6.45) is 33.6. The van der Waals surface area contributed by atoms with Crippen molar-refractivity contribution in [2.75, 3.05) is 45.4 Å². The van der Waals surface area contributed by atoms with E-state index in [1.165, 1.54) is 158 Å². The lowest BCUT2D eigenvalue weighted by Crippen LogP contribution is -2.45. The Morgan fingerprint density at radius 1 is 0.760 bits per heavy atom. The second-order valence-electron chi connectivity index (χ2n) is 21.2. The molecular formula is C58H95N9O8. The van der Waals surface area contributed by atoms with Crippen LogP contribution < -0.4 is 21.1 Å². The maximum atomic E-state index is 13.6. The van der Waals surface area contributed by atoms with Gasteiger partial charge < -0.3 is 34.6 Å². The number of amides is 3. The normalized spacial score (nSPS) is 12.5. The van der Waals surface area contributed by atoms with Crippen molar-refractivity contribution in [1.29, 1.82) is 0 Å². The van der Waals surface area contributed by atoms with E-state index < -0.39 is 29.1 Å². The number of nitrogens with zero attached hydrogens (tertiary/aromatic N) is 6. The molecule has 17 nitrogen and oxygen atoms in total. The lowest BCUT2D eigenvalue weighted by atomic mass is 10.1. The monoisotopic (exact) mass is 1050 g/mol. The molecule has 1 aromatic carbocycles. The van der Waals surface area contributed by atoms with E-state index in [4.69, 9.17) is 14.2 Å². The van der Waals surface area contributed by atoms with Crippen LogP contribution in [0.15, 0.2) is 40.2 Å². The molecule has 0 radical (unpaired) electrons. The Kier molecular flexibility index (Phi) is 32.7. The molecular weight excluding hydrogens is 951 g/mol. The van der Waals surface area contributed by atoms with Crippen LogP contribution in [0.3, 0.4) is 0 Å². The topological polar surface area (TPSA) is 210 Å². The van der Waals surface area contributed by atoms with Crippen LogP contribution in [0.2, 0.25) is 0 Å². The number of aromatic amines is 1. The largest absolute Gasteiger partial charge is 0.458 e. The third-order valence-electron chi connectivity index (χ3n) is 12.8. The maximum Gasteiger partial charge on any atom is 0.329 e. The van der Waals surface area contributed by atoms with Crippen LogP contribution in [0.1, 0.15) is 218 Å². The van der Waals surface area contributed by atoms with Crippen LogP contribution >= 0.6 is 0 Å². The van der Waals surface area contributed by atoms with Gasteiger partial charge in [-0.2, -0.15) is 4.98 Å². The summed E-state index contributed by atoms with van der Waals surface area (Å²) >= 11 is 0. The summed E-state index contributed by atoms with van der Waals surface area (Å²) in [4.78, 5) is 88.1.